The molecule has 8 heteroatoms. The molecule has 0 spiro atoms. The molecule has 0 saturated carbocycles. The number of ether oxygens (including phenoxy) is 1. The second-order valence-electron chi connectivity index (χ2n) is 8.38. The fourth-order valence-corrected chi connectivity index (χ4v) is 4.64. The highest BCUT2D eigenvalue weighted by Crippen LogP contribution is 2.26. The Morgan fingerprint density at radius 1 is 1.21 bits per heavy atom. The number of carbonyl (C=O) groups excluding carboxylic acids is 1. The molecule has 0 aromatic carbocycles. The van der Waals surface area contributed by atoms with Crippen LogP contribution in [0.15, 0.2) is 12.4 Å². The van der Waals surface area contributed by atoms with Gasteiger partial charge in [-0.05, 0) is 31.6 Å². The lowest BCUT2D eigenvalue weighted by atomic mass is 9.93. The van der Waals surface area contributed by atoms with Crippen LogP contribution in [0.3, 0.4) is 0 Å². The first-order valence-electron chi connectivity index (χ1n) is 10.6. The number of amides is 2. The molecule has 2 N–H and O–H groups in total. The minimum atomic E-state index is 0.0846. The van der Waals surface area contributed by atoms with Gasteiger partial charge in [-0.2, -0.15) is 0 Å². The number of piperidine rings is 1. The average molecular weight is 389 g/mol. The molecule has 0 aliphatic carbocycles. The lowest BCUT2D eigenvalue weighted by Crippen LogP contribution is -2.46. The molecule has 0 unspecified atom stereocenters. The van der Waals surface area contributed by atoms with E-state index in [1.165, 1.54) is 0 Å². The van der Waals surface area contributed by atoms with Gasteiger partial charge in [0.05, 0.1) is 12.1 Å². The zero-order valence-electron chi connectivity index (χ0n) is 16.9. The number of hydrogen-bond donors (Lipinski definition) is 2. The second-order valence-corrected chi connectivity index (χ2v) is 8.38. The van der Waals surface area contributed by atoms with E-state index >= 15 is 0 Å². The summed E-state index contributed by atoms with van der Waals surface area (Å²) in [5, 5.41) is 6.49. The number of anilines is 2. The van der Waals surface area contributed by atoms with Gasteiger partial charge >= 0.3 is 6.03 Å². The van der Waals surface area contributed by atoms with E-state index in [0.29, 0.717) is 12.0 Å². The fraction of sp³-hybridized carbons (Fsp3) is 0.750. The zero-order chi connectivity index (χ0) is 19.5. The van der Waals surface area contributed by atoms with Crippen LogP contribution < -0.4 is 15.5 Å². The molecule has 3 saturated heterocycles. The van der Waals surface area contributed by atoms with Crippen molar-refractivity contribution in [3.63, 3.8) is 0 Å². The van der Waals surface area contributed by atoms with Crippen molar-refractivity contribution in [2.24, 2.45) is 5.92 Å². The number of nitrogens with zero attached hydrogens (tertiary/aromatic N) is 4. The van der Waals surface area contributed by atoms with Gasteiger partial charge in [0, 0.05) is 44.9 Å². The third-order valence-corrected chi connectivity index (χ3v) is 6.13. The van der Waals surface area contributed by atoms with Gasteiger partial charge in [0.1, 0.15) is 18.0 Å². The normalized spacial score (nSPS) is 26.6. The van der Waals surface area contributed by atoms with Crippen LogP contribution in [0, 0.1) is 5.92 Å². The molecule has 4 rings (SSSR count). The lowest BCUT2D eigenvalue weighted by molar-refractivity contribution is -0.0203. The quantitative estimate of drug-likeness (QED) is 0.804. The maximum absolute atomic E-state index is 11.9. The van der Waals surface area contributed by atoms with Gasteiger partial charge in [0.15, 0.2) is 0 Å². The first-order chi connectivity index (χ1) is 13.6. The summed E-state index contributed by atoms with van der Waals surface area (Å²) in [6.07, 6.45) is 6.00. The Bertz CT molecular complexity index is 676. The number of carbonyl (C=O) groups is 1. The predicted octanol–water partition coefficient (Wildman–Crippen LogP) is 2.09. The summed E-state index contributed by atoms with van der Waals surface area (Å²) in [6.45, 7) is 8.67. The minimum Gasteiger partial charge on any atom is -0.376 e. The Labute approximate surface area is 167 Å². The molecule has 1 aromatic rings. The zero-order valence-corrected chi connectivity index (χ0v) is 16.9. The van der Waals surface area contributed by atoms with E-state index in [2.05, 4.69) is 45.4 Å². The van der Waals surface area contributed by atoms with Crippen LogP contribution in [0.2, 0.25) is 0 Å². The van der Waals surface area contributed by atoms with Crippen molar-refractivity contribution in [2.45, 2.75) is 57.7 Å². The molecule has 154 valence electrons. The molecule has 4 heterocycles. The summed E-state index contributed by atoms with van der Waals surface area (Å²) in [5.41, 5.74) is 0. The smallest absolute Gasteiger partial charge is 0.317 e. The van der Waals surface area contributed by atoms with Crippen molar-refractivity contribution in [1.82, 2.24) is 20.2 Å². The van der Waals surface area contributed by atoms with Crippen molar-refractivity contribution < 1.29 is 9.53 Å². The van der Waals surface area contributed by atoms with Gasteiger partial charge in [0.2, 0.25) is 0 Å². The number of rotatable bonds is 5. The van der Waals surface area contributed by atoms with Crippen LogP contribution in [0.4, 0.5) is 16.4 Å². The van der Waals surface area contributed by atoms with Gasteiger partial charge in [-0.3, -0.25) is 0 Å². The molecular formula is C20H32N6O2. The van der Waals surface area contributed by atoms with Gasteiger partial charge in [-0.25, -0.2) is 14.8 Å². The van der Waals surface area contributed by atoms with Crippen LogP contribution in [0.25, 0.3) is 0 Å². The number of urea groups is 1. The van der Waals surface area contributed by atoms with Gasteiger partial charge < -0.3 is 25.2 Å². The summed E-state index contributed by atoms with van der Waals surface area (Å²) in [4.78, 5) is 25.1. The topological polar surface area (TPSA) is 82.6 Å². The summed E-state index contributed by atoms with van der Waals surface area (Å²) in [7, 11) is 0. The van der Waals surface area contributed by atoms with Gasteiger partial charge in [-0.1, -0.05) is 13.8 Å². The van der Waals surface area contributed by atoms with Crippen LogP contribution in [-0.2, 0) is 4.74 Å². The highest BCUT2D eigenvalue weighted by atomic mass is 16.5. The van der Waals surface area contributed by atoms with Gasteiger partial charge in [-0.15, -0.1) is 0 Å². The Morgan fingerprint density at radius 2 is 2.04 bits per heavy atom. The minimum absolute atomic E-state index is 0.0846. The molecule has 2 atom stereocenters. The summed E-state index contributed by atoms with van der Waals surface area (Å²) >= 11 is 0. The SMILES string of the molecule is CC(C)[C@H]1OCCC[C@@H]1Nc1cc(N2CCC(N3CCNC3=O)CC2)ncn1. The summed E-state index contributed by atoms with van der Waals surface area (Å²) < 4.78 is 5.99. The molecule has 2 amide bonds. The Hall–Kier alpha value is -2.09. The molecule has 1 aromatic heterocycles. The van der Waals surface area contributed by atoms with E-state index in [0.717, 1.165) is 70.1 Å². The van der Waals surface area contributed by atoms with E-state index in [1.54, 1.807) is 6.33 Å². The van der Waals surface area contributed by atoms with Crippen molar-refractivity contribution in [3.05, 3.63) is 12.4 Å². The lowest BCUT2D eigenvalue weighted by Gasteiger charge is -2.37. The number of nitrogens with one attached hydrogen (secondary N) is 2. The van der Waals surface area contributed by atoms with E-state index in [-0.39, 0.29) is 18.2 Å². The largest absolute Gasteiger partial charge is 0.376 e. The monoisotopic (exact) mass is 388 g/mol. The van der Waals surface area contributed by atoms with Crippen LogP contribution >= 0.6 is 0 Å². The number of aromatic nitrogens is 2. The highest BCUT2D eigenvalue weighted by Gasteiger charge is 2.31. The maximum Gasteiger partial charge on any atom is 0.317 e. The summed E-state index contributed by atoms with van der Waals surface area (Å²) in [6, 6.07) is 2.76. The van der Waals surface area contributed by atoms with Gasteiger partial charge in [0.25, 0.3) is 0 Å². The van der Waals surface area contributed by atoms with Crippen molar-refractivity contribution in [2.75, 3.05) is 43.0 Å². The Kier molecular flexibility index (Phi) is 5.85. The molecular weight excluding hydrogens is 356 g/mol. The van der Waals surface area contributed by atoms with E-state index in [4.69, 9.17) is 4.74 Å². The third kappa shape index (κ3) is 4.16. The van der Waals surface area contributed by atoms with Crippen molar-refractivity contribution in [3.8, 4) is 0 Å². The van der Waals surface area contributed by atoms with Crippen LogP contribution in [0.5, 0.6) is 0 Å². The highest BCUT2D eigenvalue weighted by molar-refractivity contribution is 5.76. The number of hydrogen-bond acceptors (Lipinski definition) is 6. The van der Waals surface area contributed by atoms with Crippen molar-refractivity contribution >= 4 is 17.7 Å². The molecule has 0 bridgehead atoms. The summed E-state index contributed by atoms with van der Waals surface area (Å²) in [5.74, 6) is 2.30. The Morgan fingerprint density at radius 3 is 2.75 bits per heavy atom. The predicted molar refractivity (Wildman–Crippen MR) is 109 cm³/mol. The van der Waals surface area contributed by atoms with E-state index in [1.807, 2.05) is 4.90 Å². The van der Waals surface area contributed by atoms with Crippen molar-refractivity contribution in [1.29, 1.82) is 0 Å². The molecule has 28 heavy (non-hydrogen) atoms. The molecule has 3 aliphatic rings. The van der Waals surface area contributed by atoms with E-state index in [9.17, 15) is 4.79 Å². The molecule has 3 aliphatic heterocycles. The fourth-order valence-electron chi connectivity index (χ4n) is 4.64. The second kappa shape index (κ2) is 8.51. The molecule has 8 nitrogen and oxygen atoms in total. The third-order valence-electron chi connectivity index (χ3n) is 6.13. The average Bonchev–Trinajstić information content (AvgIpc) is 3.14. The molecule has 3 fully saturated rings. The van der Waals surface area contributed by atoms with E-state index < -0.39 is 0 Å². The Balaban J connectivity index is 1.37. The maximum atomic E-state index is 11.9. The molecule has 0 radical (unpaired) electrons. The van der Waals surface area contributed by atoms with Crippen LogP contribution in [0.1, 0.15) is 39.5 Å². The first kappa shape index (κ1) is 19.2. The van der Waals surface area contributed by atoms with Crippen LogP contribution in [-0.4, -0.2) is 71.9 Å². The first-order valence-corrected chi connectivity index (χ1v) is 10.6. The standard InChI is InChI=1S/C20H32N6O2/c1-14(2)19-16(4-3-11-28-19)24-17-12-18(23-13-22-17)25-8-5-15(6-9-25)26-10-7-21-20(26)27/h12-16,19H,3-11H2,1-2H3,(H,21,27)(H,22,23,24)/t16-,19+/m0/s1.